The van der Waals surface area contributed by atoms with Gasteiger partial charge in [-0.3, -0.25) is 14.0 Å². The minimum atomic E-state index is -0.532. The van der Waals surface area contributed by atoms with Crippen molar-refractivity contribution < 1.29 is 14.3 Å². The lowest BCUT2D eigenvalue weighted by molar-refractivity contribution is -0.117. The Labute approximate surface area is 186 Å². The van der Waals surface area contributed by atoms with Gasteiger partial charge in [0, 0.05) is 32.4 Å². The molecule has 2 fully saturated rings. The SMILES string of the molecule is C[C@@H]1CN(c2nc3ccccn3c(=O)c2/C=C(\C#N)C(=O)NC[C@@H]2CCCO2)C[C@@H](C)O1. The highest BCUT2D eigenvalue weighted by Gasteiger charge is 2.27. The van der Waals surface area contributed by atoms with Gasteiger partial charge in [0.25, 0.3) is 11.5 Å². The lowest BCUT2D eigenvalue weighted by atomic mass is 10.1. The van der Waals surface area contributed by atoms with Crippen molar-refractivity contribution in [3.63, 3.8) is 0 Å². The minimum Gasteiger partial charge on any atom is -0.376 e. The van der Waals surface area contributed by atoms with E-state index in [2.05, 4.69) is 5.32 Å². The average molecular weight is 438 g/mol. The molecule has 2 aromatic heterocycles. The van der Waals surface area contributed by atoms with Gasteiger partial charge in [-0.15, -0.1) is 0 Å². The molecule has 1 amide bonds. The standard InChI is InChI=1S/C23H27N5O4/c1-15-13-27(14-16(2)32-15)21-19(23(30)28-8-4-3-7-20(28)26-21)10-17(11-24)22(29)25-12-18-6-5-9-31-18/h3-4,7-8,10,15-16,18H,5-6,9,12-14H2,1-2H3,(H,25,29)/b17-10+/t15-,16-,18+/m1/s1. The van der Waals surface area contributed by atoms with Crippen LogP contribution in [0.15, 0.2) is 34.8 Å². The van der Waals surface area contributed by atoms with Crippen molar-refractivity contribution in [3.8, 4) is 6.07 Å². The summed E-state index contributed by atoms with van der Waals surface area (Å²) in [6.45, 7) is 6.04. The second kappa shape index (κ2) is 9.51. The van der Waals surface area contributed by atoms with E-state index in [0.29, 0.717) is 37.7 Å². The molecule has 2 saturated heterocycles. The zero-order valence-electron chi connectivity index (χ0n) is 18.3. The van der Waals surface area contributed by atoms with E-state index in [1.54, 1.807) is 18.3 Å². The van der Waals surface area contributed by atoms with Crippen LogP contribution in [0.25, 0.3) is 11.7 Å². The molecule has 0 unspecified atom stereocenters. The van der Waals surface area contributed by atoms with Crippen molar-refractivity contribution >= 4 is 23.4 Å². The van der Waals surface area contributed by atoms with Gasteiger partial charge in [0.1, 0.15) is 23.1 Å². The number of hydrogen-bond acceptors (Lipinski definition) is 7. The Kier molecular flexibility index (Phi) is 6.53. The highest BCUT2D eigenvalue weighted by molar-refractivity contribution is 6.02. The number of amides is 1. The summed E-state index contributed by atoms with van der Waals surface area (Å²) in [6.07, 6.45) is 4.67. The molecule has 2 aromatic rings. The Morgan fingerprint density at radius 1 is 1.34 bits per heavy atom. The van der Waals surface area contributed by atoms with Crippen LogP contribution in [-0.4, -0.2) is 59.8 Å². The second-order valence-corrected chi connectivity index (χ2v) is 8.26. The number of morpholine rings is 1. The van der Waals surface area contributed by atoms with Gasteiger partial charge in [-0.05, 0) is 44.9 Å². The highest BCUT2D eigenvalue weighted by Crippen LogP contribution is 2.23. The molecular weight excluding hydrogens is 410 g/mol. The third-order valence-electron chi connectivity index (χ3n) is 5.64. The number of carbonyl (C=O) groups excluding carboxylic acids is 1. The molecule has 32 heavy (non-hydrogen) atoms. The van der Waals surface area contributed by atoms with Crippen molar-refractivity contribution in [2.75, 3.05) is 31.1 Å². The third kappa shape index (κ3) is 4.66. The Morgan fingerprint density at radius 3 is 2.81 bits per heavy atom. The molecular formula is C23H27N5O4. The smallest absolute Gasteiger partial charge is 0.267 e. The van der Waals surface area contributed by atoms with Crippen LogP contribution in [-0.2, 0) is 14.3 Å². The van der Waals surface area contributed by atoms with E-state index in [4.69, 9.17) is 14.5 Å². The van der Waals surface area contributed by atoms with Crippen LogP contribution in [0.4, 0.5) is 5.82 Å². The first-order chi connectivity index (χ1) is 15.5. The van der Waals surface area contributed by atoms with Gasteiger partial charge in [-0.25, -0.2) is 4.98 Å². The molecule has 3 atom stereocenters. The number of anilines is 1. The van der Waals surface area contributed by atoms with E-state index in [1.165, 1.54) is 10.5 Å². The number of rotatable bonds is 5. The van der Waals surface area contributed by atoms with Gasteiger partial charge >= 0.3 is 0 Å². The van der Waals surface area contributed by atoms with E-state index in [0.717, 1.165) is 12.8 Å². The van der Waals surface area contributed by atoms with Gasteiger partial charge in [-0.1, -0.05) is 6.07 Å². The van der Waals surface area contributed by atoms with Gasteiger partial charge in [0.2, 0.25) is 0 Å². The van der Waals surface area contributed by atoms with Crippen LogP contribution in [0, 0.1) is 11.3 Å². The zero-order valence-corrected chi connectivity index (χ0v) is 18.3. The van der Waals surface area contributed by atoms with Crippen LogP contribution in [0.1, 0.15) is 32.3 Å². The van der Waals surface area contributed by atoms with E-state index in [9.17, 15) is 14.9 Å². The first kappa shape index (κ1) is 22.0. The van der Waals surface area contributed by atoms with Crippen molar-refractivity contribution in [3.05, 3.63) is 45.9 Å². The topological polar surface area (TPSA) is 109 Å². The first-order valence-corrected chi connectivity index (χ1v) is 10.9. The van der Waals surface area contributed by atoms with E-state index in [1.807, 2.05) is 30.9 Å². The Hall–Kier alpha value is -3.22. The molecule has 4 heterocycles. The fraction of sp³-hybridized carbons (Fsp3) is 0.478. The second-order valence-electron chi connectivity index (χ2n) is 8.26. The highest BCUT2D eigenvalue weighted by atomic mass is 16.5. The molecule has 0 aliphatic carbocycles. The van der Waals surface area contributed by atoms with Gasteiger partial charge in [-0.2, -0.15) is 5.26 Å². The summed E-state index contributed by atoms with van der Waals surface area (Å²) in [5, 5.41) is 12.4. The normalized spacial score (nSPS) is 23.8. The third-order valence-corrected chi connectivity index (χ3v) is 5.64. The van der Waals surface area contributed by atoms with E-state index >= 15 is 0 Å². The summed E-state index contributed by atoms with van der Waals surface area (Å²) in [5.74, 6) is -0.0851. The molecule has 168 valence electrons. The Bertz CT molecular complexity index is 1120. The molecule has 9 nitrogen and oxygen atoms in total. The fourth-order valence-electron chi connectivity index (χ4n) is 4.21. The quantitative estimate of drug-likeness (QED) is 0.558. The molecule has 0 bridgehead atoms. The maximum absolute atomic E-state index is 13.4. The summed E-state index contributed by atoms with van der Waals surface area (Å²) in [6, 6.07) is 7.24. The molecule has 9 heteroatoms. The summed E-state index contributed by atoms with van der Waals surface area (Å²) >= 11 is 0. The molecule has 2 aliphatic heterocycles. The van der Waals surface area contributed by atoms with E-state index < -0.39 is 5.91 Å². The minimum absolute atomic E-state index is 0.0428. The fourth-order valence-corrected chi connectivity index (χ4v) is 4.21. The largest absolute Gasteiger partial charge is 0.376 e. The van der Waals surface area contributed by atoms with Crippen LogP contribution in [0.3, 0.4) is 0 Å². The number of fused-ring (bicyclic) bond motifs is 1. The molecule has 0 aromatic carbocycles. The van der Waals surface area contributed by atoms with E-state index in [-0.39, 0.29) is 35.0 Å². The van der Waals surface area contributed by atoms with Crippen molar-refractivity contribution in [1.82, 2.24) is 14.7 Å². The molecule has 0 radical (unpaired) electrons. The number of nitriles is 1. The molecule has 0 spiro atoms. The van der Waals surface area contributed by atoms with Gasteiger partial charge in [0.15, 0.2) is 0 Å². The van der Waals surface area contributed by atoms with Crippen LogP contribution >= 0.6 is 0 Å². The summed E-state index contributed by atoms with van der Waals surface area (Å²) in [7, 11) is 0. The zero-order chi connectivity index (χ0) is 22.7. The van der Waals surface area contributed by atoms with Gasteiger partial charge in [0.05, 0.1) is 23.9 Å². The number of carbonyl (C=O) groups is 1. The van der Waals surface area contributed by atoms with Gasteiger partial charge < -0.3 is 19.7 Å². The number of nitrogens with one attached hydrogen (secondary N) is 1. The van der Waals surface area contributed by atoms with Crippen LogP contribution < -0.4 is 15.8 Å². The number of aromatic nitrogens is 2. The summed E-state index contributed by atoms with van der Waals surface area (Å²) in [5.41, 5.74) is 0.224. The molecule has 2 aliphatic rings. The first-order valence-electron chi connectivity index (χ1n) is 10.9. The lowest BCUT2D eigenvalue weighted by Crippen LogP contribution is -2.46. The van der Waals surface area contributed by atoms with Crippen molar-refractivity contribution in [1.29, 1.82) is 5.26 Å². The monoisotopic (exact) mass is 437 g/mol. The molecule has 0 saturated carbocycles. The Morgan fingerprint density at radius 2 is 2.12 bits per heavy atom. The molecule has 4 rings (SSSR count). The number of hydrogen-bond donors (Lipinski definition) is 1. The summed E-state index contributed by atoms with van der Waals surface area (Å²) in [4.78, 5) is 32.7. The Balaban J connectivity index is 1.73. The predicted octanol–water partition coefficient (Wildman–Crippen LogP) is 1.51. The average Bonchev–Trinajstić information content (AvgIpc) is 3.30. The number of pyridine rings is 1. The van der Waals surface area contributed by atoms with Crippen molar-refractivity contribution in [2.45, 2.75) is 45.0 Å². The molecule has 1 N–H and O–H groups in total. The number of ether oxygens (including phenoxy) is 2. The van der Waals surface area contributed by atoms with Crippen molar-refractivity contribution in [2.24, 2.45) is 0 Å². The van der Waals surface area contributed by atoms with Crippen LogP contribution in [0.2, 0.25) is 0 Å². The van der Waals surface area contributed by atoms with Crippen LogP contribution in [0.5, 0.6) is 0 Å². The summed E-state index contributed by atoms with van der Waals surface area (Å²) < 4.78 is 12.8. The number of nitrogens with zero attached hydrogens (tertiary/aromatic N) is 4. The lowest BCUT2D eigenvalue weighted by Gasteiger charge is -2.36. The maximum atomic E-state index is 13.4. The predicted molar refractivity (Wildman–Crippen MR) is 119 cm³/mol. The maximum Gasteiger partial charge on any atom is 0.267 e.